The first-order valence-electron chi connectivity index (χ1n) is 11.0. The van der Waals surface area contributed by atoms with Gasteiger partial charge in [0.2, 0.25) is 5.91 Å². The molecular formula is C25H29N3O2S. The Morgan fingerprint density at radius 2 is 1.77 bits per heavy atom. The molecule has 5 nitrogen and oxygen atoms in total. The van der Waals surface area contributed by atoms with E-state index in [0.29, 0.717) is 16.1 Å². The van der Waals surface area contributed by atoms with Crippen molar-refractivity contribution in [3.8, 4) is 5.69 Å². The Hall–Kier alpha value is -2.60. The maximum Gasteiger partial charge on any atom is 0.266 e. The van der Waals surface area contributed by atoms with Crippen molar-refractivity contribution in [1.29, 1.82) is 0 Å². The van der Waals surface area contributed by atoms with Crippen LogP contribution in [0.5, 0.6) is 0 Å². The van der Waals surface area contributed by atoms with Gasteiger partial charge in [0.05, 0.1) is 21.8 Å². The predicted octanol–water partition coefficient (Wildman–Crippen LogP) is 4.93. The van der Waals surface area contributed by atoms with Crippen LogP contribution in [-0.4, -0.2) is 26.8 Å². The molecule has 1 atom stereocenters. The highest BCUT2D eigenvalue weighted by Gasteiger charge is 2.23. The minimum Gasteiger partial charge on any atom is -0.352 e. The highest BCUT2D eigenvalue weighted by atomic mass is 32.2. The van der Waals surface area contributed by atoms with Gasteiger partial charge in [0.25, 0.3) is 5.56 Å². The minimum absolute atomic E-state index is 0.00582. The Morgan fingerprint density at radius 3 is 2.48 bits per heavy atom. The summed E-state index contributed by atoms with van der Waals surface area (Å²) in [4.78, 5) is 31.1. The van der Waals surface area contributed by atoms with Gasteiger partial charge in [-0.15, -0.1) is 0 Å². The van der Waals surface area contributed by atoms with Crippen LogP contribution >= 0.6 is 11.8 Å². The number of carbonyl (C=O) groups is 1. The van der Waals surface area contributed by atoms with E-state index in [0.717, 1.165) is 29.7 Å². The zero-order chi connectivity index (χ0) is 22.0. The SMILES string of the molecule is Cc1cc(C)cc(-n2c(S[C@@H](C)C(=O)NC3CCCCC3)nc3ccccc3c2=O)c1. The van der Waals surface area contributed by atoms with Gasteiger partial charge in [-0.3, -0.25) is 14.2 Å². The van der Waals surface area contributed by atoms with Crippen molar-refractivity contribution in [2.45, 2.75) is 69.3 Å². The molecule has 31 heavy (non-hydrogen) atoms. The molecule has 0 saturated heterocycles. The summed E-state index contributed by atoms with van der Waals surface area (Å²) in [6.07, 6.45) is 5.69. The summed E-state index contributed by atoms with van der Waals surface area (Å²) in [6, 6.07) is 13.7. The molecule has 0 radical (unpaired) electrons. The molecule has 0 spiro atoms. The van der Waals surface area contributed by atoms with Crippen LogP contribution in [0.1, 0.15) is 50.2 Å². The second kappa shape index (κ2) is 9.27. The van der Waals surface area contributed by atoms with Gasteiger partial charge < -0.3 is 5.32 Å². The Labute approximate surface area is 187 Å². The highest BCUT2D eigenvalue weighted by molar-refractivity contribution is 8.00. The molecule has 1 amide bonds. The van der Waals surface area contributed by atoms with Crippen molar-refractivity contribution in [3.05, 3.63) is 63.9 Å². The molecule has 6 heteroatoms. The summed E-state index contributed by atoms with van der Waals surface area (Å²) >= 11 is 1.34. The highest BCUT2D eigenvalue weighted by Crippen LogP contribution is 2.27. The summed E-state index contributed by atoms with van der Waals surface area (Å²) in [5, 5.41) is 3.95. The molecule has 1 fully saturated rings. The smallest absolute Gasteiger partial charge is 0.266 e. The van der Waals surface area contributed by atoms with Crippen molar-refractivity contribution in [2.75, 3.05) is 0 Å². The summed E-state index contributed by atoms with van der Waals surface area (Å²) in [7, 11) is 0. The van der Waals surface area contributed by atoms with E-state index in [1.54, 1.807) is 10.6 Å². The number of benzene rings is 2. The second-order valence-electron chi connectivity index (χ2n) is 8.50. The molecule has 1 heterocycles. The zero-order valence-corrected chi connectivity index (χ0v) is 19.2. The molecule has 0 aliphatic heterocycles. The van der Waals surface area contributed by atoms with Gasteiger partial charge in [-0.05, 0) is 69.0 Å². The first-order chi connectivity index (χ1) is 14.9. The van der Waals surface area contributed by atoms with Crippen LogP contribution in [0.15, 0.2) is 52.4 Å². The van der Waals surface area contributed by atoms with Crippen LogP contribution < -0.4 is 10.9 Å². The molecule has 2 aromatic carbocycles. The lowest BCUT2D eigenvalue weighted by molar-refractivity contribution is -0.121. The maximum absolute atomic E-state index is 13.4. The minimum atomic E-state index is -0.354. The number of aromatic nitrogens is 2. The average Bonchev–Trinajstić information content (AvgIpc) is 2.74. The topological polar surface area (TPSA) is 64.0 Å². The number of thioether (sulfide) groups is 1. The molecule has 0 unspecified atom stereocenters. The number of amides is 1. The van der Waals surface area contributed by atoms with Crippen molar-refractivity contribution < 1.29 is 4.79 Å². The summed E-state index contributed by atoms with van der Waals surface area (Å²) in [5.74, 6) is 0.00582. The Morgan fingerprint density at radius 1 is 1.10 bits per heavy atom. The molecule has 1 saturated carbocycles. The van der Waals surface area contributed by atoms with Crippen molar-refractivity contribution in [2.24, 2.45) is 0 Å². The van der Waals surface area contributed by atoms with Crippen LogP contribution in [0.4, 0.5) is 0 Å². The van der Waals surface area contributed by atoms with E-state index in [4.69, 9.17) is 4.98 Å². The molecule has 1 aromatic heterocycles. The Balaban J connectivity index is 1.72. The number of hydrogen-bond donors (Lipinski definition) is 1. The standard InChI is InChI=1S/C25H29N3O2S/c1-16-13-17(2)15-20(14-16)28-24(30)21-11-7-8-12-22(21)27-25(28)31-18(3)23(29)26-19-9-5-4-6-10-19/h7-8,11-15,18-19H,4-6,9-10H2,1-3H3,(H,26,29)/t18-/m0/s1. The van der Waals surface area contributed by atoms with Crippen LogP contribution in [0, 0.1) is 13.8 Å². The number of nitrogens with zero attached hydrogens (tertiary/aromatic N) is 2. The molecule has 3 aromatic rings. The van der Waals surface area contributed by atoms with E-state index >= 15 is 0 Å². The molecular weight excluding hydrogens is 406 g/mol. The van der Waals surface area contributed by atoms with Gasteiger partial charge >= 0.3 is 0 Å². The van der Waals surface area contributed by atoms with Crippen molar-refractivity contribution in [1.82, 2.24) is 14.9 Å². The van der Waals surface area contributed by atoms with E-state index < -0.39 is 0 Å². The third kappa shape index (κ3) is 4.85. The van der Waals surface area contributed by atoms with Crippen LogP contribution in [-0.2, 0) is 4.79 Å². The van der Waals surface area contributed by atoms with Gasteiger partial charge in [0.1, 0.15) is 0 Å². The third-order valence-electron chi connectivity index (χ3n) is 5.81. The molecule has 1 aliphatic carbocycles. The Bertz CT molecular complexity index is 1140. The van der Waals surface area contributed by atoms with E-state index in [1.165, 1.54) is 31.0 Å². The lowest BCUT2D eigenvalue weighted by atomic mass is 9.95. The van der Waals surface area contributed by atoms with E-state index in [-0.39, 0.29) is 22.8 Å². The molecule has 1 aliphatic rings. The van der Waals surface area contributed by atoms with E-state index in [1.807, 2.05) is 51.1 Å². The monoisotopic (exact) mass is 435 g/mol. The number of carbonyl (C=O) groups excluding carboxylic acids is 1. The largest absolute Gasteiger partial charge is 0.352 e. The number of hydrogen-bond acceptors (Lipinski definition) is 4. The summed E-state index contributed by atoms with van der Waals surface area (Å²) in [5.41, 5.74) is 3.47. The average molecular weight is 436 g/mol. The first kappa shape index (κ1) is 21.6. The van der Waals surface area contributed by atoms with Crippen LogP contribution in [0.25, 0.3) is 16.6 Å². The maximum atomic E-state index is 13.4. The van der Waals surface area contributed by atoms with Gasteiger partial charge in [-0.25, -0.2) is 4.98 Å². The number of rotatable bonds is 5. The normalized spacial score (nSPS) is 15.7. The summed E-state index contributed by atoms with van der Waals surface area (Å²) < 4.78 is 1.65. The third-order valence-corrected chi connectivity index (χ3v) is 6.86. The molecule has 162 valence electrons. The second-order valence-corrected chi connectivity index (χ2v) is 9.81. The van der Waals surface area contributed by atoms with E-state index in [9.17, 15) is 9.59 Å². The number of fused-ring (bicyclic) bond motifs is 1. The summed E-state index contributed by atoms with van der Waals surface area (Å²) in [6.45, 7) is 5.92. The number of para-hydroxylation sites is 1. The molecule has 4 rings (SSSR count). The van der Waals surface area contributed by atoms with Crippen LogP contribution in [0.2, 0.25) is 0 Å². The number of nitrogens with one attached hydrogen (secondary N) is 1. The number of aryl methyl sites for hydroxylation is 2. The Kier molecular flexibility index (Phi) is 6.46. The van der Waals surface area contributed by atoms with Crippen molar-refractivity contribution in [3.63, 3.8) is 0 Å². The fourth-order valence-corrected chi connectivity index (χ4v) is 5.21. The van der Waals surface area contributed by atoms with Gasteiger partial charge in [0, 0.05) is 6.04 Å². The van der Waals surface area contributed by atoms with Gasteiger partial charge in [-0.2, -0.15) is 0 Å². The molecule has 1 N–H and O–H groups in total. The molecule has 0 bridgehead atoms. The van der Waals surface area contributed by atoms with Gasteiger partial charge in [-0.1, -0.05) is 49.2 Å². The van der Waals surface area contributed by atoms with Crippen LogP contribution in [0.3, 0.4) is 0 Å². The lowest BCUT2D eigenvalue weighted by Crippen LogP contribution is -2.40. The fraction of sp³-hybridized carbons (Fsp3) is 0.400. The predicted molar refractivity (Wildman–Crippen MR) is 127 cm³/mol. The van der Waals surface area contributed by atoms with Gasteiger partial charge in [0.15, 0.2) is 5.16 Å². The van der Waals surface area contributed by atoms with E-state index in [2.05, 4.69) is 11.4 Å². The lowest BCUT2D eigenvalue weighted by Gasteiger charge is -2.24. The zero-order valence-electron chi connectivity index (χ0n) is 18.4. The first-order valence-corrected chi connectivity index (χ1v) is 11.9. The quantitative estimate of drug-likeness (QED) is 0.456. The fourth-order valence-electron chi connectivity index (χ4n) is 4.28. The van der Waals surface area contributed by atoms with Crippen molar-refractivity contribution >= 4 is 28.6 Å².